The Balaban J connectivity index is 1.90. The number of carbonyl (C=O) groups excluding carboxylic acids is 1. The second-order valence-corrected chi connectivity index (χ2v) is 8.40. The Hall–Kier alpha value is -1.32. The zero-order valence-electron chi connectivity index (χ0n) is 14.3. The fourth-order valence-corrected chi connectivity index (χ4v) is 4.82. The Morgan fingerprint density at radius 2 is 2.36 bits per heavy atom. The molecule has 0 radical (unpaired) electrons. The van der Waals surface area contributed by atoms with Crippen molar-refractivity contribution in [1.82, 2.24) is 15.2 Å². The molecule has 6 nitrogen and oxygen atoms in total. The van der Waals surface area contributed by atoms with Gasteiger partial charge in [-0.3, -0.25) is 9.69 Å². The van der Waals surface area contributed by atoms with E-state index >= 15 is 0 Å². The molecule has 1 aliphatic heterocycles. The molecule has 2 aromatic heterocycles. The van der Waals surface area contributed by atoms with E-state index in [0.717, 1.165) is 16.4 Å². The van der Waals surface area contributed by atoms with Gasteiger partial charge in [0.05, 0.1) is 24.2 Å². The predicted molar refractivity (Wildman–Crippen MR) is 98.6 cm³/mol. The Labute approximate surface area is 155 Å². The summed E-state index contributed by atoms with van der Waals surface area (Å²) in [6.45, 7) is 3.22. The van der Waals surface area contributed by atoms with Crippen molar-refractivity contribution in [3.63, 3.8) is 0 Å². The van der Waals surface area contributed by atoms with Gasteiger partial charge in [-0.2, -0.15) is 0 Å². The Morgan fingerprint density at radius 3 is 3.00 bits per heavy atom. The molecular formula is C17H23N3O3S2. The number of thiazole rings is 1. The van der Waals surface area contributed by atoms with E-state index in [1.54, 1.807) is 35.8 Å². The number of hydrogen-bond donors (Lipinski definition) is 2. The van der Waals surface area contributed by atoms with Gasteiger partial charge in [0.2, 0.25) is 5.91 Å². The standard InChI is InChI=1S/C17H23N3O3S2/c1-17(22)5-7-20(10-14-18-6-9-25-14)15(12-4-3-8-24-12)16(17)19-13(21)11-23-2/h3-4,6,8-9,15-16,22H,5,7,10-11H2,1-2H3,(H,19,21). The van der Waals surface area contributed by atoms with Gasteiger partial charge in [0.1, 0.15) is 11.6 Å². The average molecular weight is 382 g/mol. The second kappa shape index (κ2) is 7.92. The summed E-state index contributed by atoms with van der Waals surface area (Å²) in [5.41, 5.74) is -0.989. The second-order valence-electron chi connectivity index (χ2n) is 6.44. The molecule has 3 rings (SSSR count). The monoisotopic (exact) mass is 381 g/mol. The van der Waals surface area contributed by atoms with Crippen LogP contribution in [0.15, 0.2) is 29.1 Å². The number of hydrogen-bond acceptors (Lipinski definition) is 7. The van der Waals surface area contributed by atoms with Crippen molar-refractivity contribution in [3.05, 3.63) is 39.0 Å². The van der Waals surface area contributed by atoms with E-state index in [9.17, 15) is 9.90 Å². The van der Waals surface area contributed by atoms with Crippen molar-refractivity contribution >= 4 is 28.6 Å². The van der Waals surface area contributed by atoms with Crippen molar-refractivity contribution in [1.29, 1.82) is 0 Å². The normalized spacial score (nSPS) is 27.3. The number of nitrogens with one attached hydrogen (secondary N) is 1. The van der Waals surface area contributed by atoms with Crippen molar-refractivity contribution in [3.8, 4) is 0 Å². The quantitative estimate of drug-likeness (QED) is 0.801. The van der Waals surface area contributed by atoms with Gasteiger partial charge < -0.3 is 15.2 Å². The molecule has 3 unspecified atom stereocenters. The van der Waals surface area contributed by atoms with Crippen LogP contribution < -0.4 is 5.32 Å². The van der Waals surface area contributed by atoms with Gasteiger partial charge in [-0.05, 0) is 24.8 Å². The average Bonchev–Trinajstić information content (AvgIpc) is 3.25. The first-order valence-electron chi connectivity index (χ1n) is 8.18. The molecule has 2 N–H and O–H groups in total. The fraction of sp³-hybridized carbons (Fsp3) is 0.529. The van der Waals surface area contributed by atoms with E-state index in [1.807, 2.05) is 16.8 Å². The number of aromatic nitrogens is 1. The number of likely N-dealkylation sites (tertiary alicyclic amines) is 1. The van der Waals surface area contributed by atoms with E-state index in [-0.39, 0.29) is 18.6 Å². The summed E-state index contributed by atoms with van der Waals surface area (Å²) in [7, 11) is 1.49. The van der Waals surface area contributed by atoms with Crippen molar-refractivity contribution < 1.29 is 14.6 Å². The Bertz CT molecular complexity index is 673. The number of amides is 1. The zero-order chi connectivity index (χ0) is 17.9. The third-order valence-corrected chi connectivity index (χ3v) is 6.24. The van der Waals surface area contributed by atoms with Gasteiger partial charge in [0, 0.05) is 30.1 Å². The van der Waals surface area contributed by atoms with Gasteiger partial charge in [-0.1, -0.05) is 6.07 Å². The molecule has 0 saturated carbocycles. The first-order chi connectivity index (χ1) is 12.0. The molecular weight excluding hydrogens is 358 g/mol. The summed E-state index contributed by atoms with van der Waals surface area (Å²) in [5.74, 6) is -0.217. The minimum Gasteiger partial charge on any atom is -0.388 e. The lowest BCUT2D eigenvalue weighted by atomic mass is 9.81. The van der Waals surface area contributed by atoms with Crippen molar-refractivity contribution in [2.24, 2.45) is 0 Å². The van der Waals surface area contributed by atoms with Crippen LogP contribution in [0.4, 0.5) is 0 Å². The lowest BCUT2D eigenvalue weighted by Crippen LogP contribution is -2.62. The number of piperidine rings is 1. The third-order valence-electron chi connectivity index (χ3n) is 4.53. The highest BCUT2D eigenvalue weighted by Gasteiger charge is 2.46. The van der Waals surface area contributed by atoms with Crippen LogP contribution in [0.1, 0.15) is 29.3 Å². The number of carbonyl (C=O) groups is 1. The summed E-state index contributed by atoms with van der Waals surface area (Å²) in [6.07, 6.45) is 2.39. The first kappa shape index (κ1) is 18.5. The maximum atomic E-state index is 12.2. The molecule has 0 aromatic carbocycles. The molecule has 8 heteroatoms. The Morgan fingerprint density at radius 1 is 1.52 bits per heavy atom. The number of methoxy groups -OCH3 is 1. The van der Waals surface area contributed by atoms with Gasteiger partial charge in [0.25, 0.3) is 0 Å². The van der Waals surface area contributed by atoms with Gasteiger partial charge in [-0.15, -0.1) is 22.7 Å². The smallest absolute Gasteiger partial charge is 0.246 e. The summed E-state index contributed by atoms with van der Waals surface area (Å²) in [4.78, 5) is 20.0. The third kappa shape index (κ3) is 4.27. The lowest BCUT2D eigenvalue weighted by molar-refractivity contribution is -0.132. The summed E-state index contributed by atoms with van der Waals surface area (Å²) in [5, 5.41) is 19.0. The minimum absolute atomic E-state index is 0.0176. The molecule has 3 atom stereocenters. The highest BCUT2D eigenvalue weighted by molar-refractivity contribution is 7.10. The van der Waals surface area contributed by atoms with Crippen LogP contribution in [0.5, 0.6) is 0 Å². The topological polar surface area (TPSA) is 74.7 Å². The number of nitrogens with zero attached hydrogens (tertiary/aromatic N) is 2. The maximum Gasteiger partial charge on any atom is 0.246 e. The number of aliphatic hydroxyl groups is 1. The number of thiophene rings is 1. The summed E-state index contributed by atoms with van der Waals surface area (Å²) < 4.78 is 4.94. The molecule has 1 saturated heterocycles. The molecule has 0 aliphatic carbocycles. The molecule has 136 valence electrons. The summed E-state index contributed by atoms with van der Waals surface area (Å²) >= 11 is 3.26. The van der Waals surface area contributed by atoms with Crippen LogP contribution in [-0.2, 0) is 16.1 Å². The molecule has 2 aromatic rings. The van der Waals surface area contributed by atoms with Crippen LogP contribution >= 0.6 is 22.7 Å². The van der Waals surface area contributed by atoms with Crippen molar-refractivity contribution in [2.75, 3.05) is 20.3 Å². The van der Waals surface area contributed by atoms with Crippen LogP contribution in [0, 0.1) is 0 Å². The SMILES string of the molecule is COCC(=O)NC1C(c2cccs2)N(Cc2nccs2)CCC1(C)O. The van der Waals surface area contributed by atoms with Gasteiger partial charge >= 0.3 is 0 Å². The predicted octanol–water partition coefficient (Wildman–Crippen LogP) is 2.03. The van der Waals surface area contributed by atoms with E-state index in [4.69, 9.17) is 4.74 Å². The maximum absolute atomic E-state index is 12.2. The van der Waals surface area contributed by atoms with E-state index in [0.29, 0.717) is 13.0 Å². The zero-order valence-corrected chi connectivity index (χ0v) is 16.0. The summed E-state index contributed by atoms with van der Waals surface area (Å²) in [6, 6.07) is 3.54. The van der Waals surface area contributed by atoms with Crippen LogP contribution in [0.3, 0.4) is 0 Å². The number of ether oxygens (including phenoxy) is 1. The van der Waals surface area contributed by atoms with Crippen LogP contribution in [0.25, 0.3) is 0 Å². The molecule has 1 fully saturated rings. The largest absolute Gasteiger partial charge is 0.388 e. The van der Waals surface area contributed by atoms with E-state index in [1.165, 1.54) is 7.11 Å². The highest BCUT2D eigenvalue weighted by Crippen LogP contribution is 2.39. The molecule has 0 spiro atoms. The van der Waals surface area contributed by atoms with E-state index < -0.39 is 11.6 Å². The molecule has 1 amide bonds. The van der Waals surface area contributed by atoms with Crippen LogP contribution in [0.2, 0.25) is 0 Å². The van der Waals surface area contributed by atoms with Crippen LogP contribution in [-0.4, -0.2) is 52.8 Å². The number of rotatable bonds is 6. The Kier molecular flexibility index (Phi) is 5.85. The minimum atomic E-state index is -0.989. The molecule has 0 bridgehead atoms. The lowest BCUT2D eigenvalue weighted by Gasteiger charge is -2.48. The fourth-order valence-electron chi connectivity index (χ4n) is 3.28. The first-order valence-corrected chi connectivity index (χ1v) is 9.93. The van der Waals surface area contributed by atoms with Gasteiger partial charge in [0.15, 0.2) is 0 Å². The van der Waals surface area contributed by atoms with E-state index in [2.05, 4.69) is 21.3 Å². The molecule has 1 aliphatic rings. The van der Waals surface area contributed by atoms with Crippen molar-refractivity contribution in [2.45, 2.75) is 37.6 Å². The molecule has 25 heavy (non-hydrogen) atoms. The molecule has 3 heterocycles. The van der Waals surface area contributed by atoms with Gasteiger partial charge in [-0.25, -0.2) is 4.98 Å². The highest BCUT2D eigenvalue weighted by atomic mass is 32.1.